The molecule has 1 aromatic carbocycles. The second-order valence-corrected chi connectivity index (χ2v) is 4.90. The highest BCUT2D eigenvalue weighted by molar-refractivity contribution is 5.85. The fourth-order valence-electron chi connectivity index (χ4n) is 2.10. The Kier molecular flexibility index (Phi) is 5.46. The summed E-state index contributed by atoms with van der Waals surface area (Å²) in [5, 5.41) is 31.5. The van der Waals surface area contributed by atoms with Gasteiger partial charge in [-0.3, -0.25) is 0 Å². The molecule has 2 rings (SSSR count). The maximum atomic E-state index is 10.9. The number of carbonyl (C=O) groups is 1. The summed E-state index contributed by atoms with van der Waals surface area (Å²) >= 11 is 0. The molecule has 0 bridgehead atoms. The molecule has 2 aromatic rings. The zero-order valence-corrected chi connectivity index (χ0v) is 11.9. The number of aliphatic hydroxyl groups is 2. The van der Waals surface area contributed by atoms with E-state index in [1.165, 1.54) is 6.07 Å². The highest BCUT2D eigenvalue weighted by atomic mass is 16.4. The Bertz CT molecular complexity index is 619. The van der Waals surface area contributed by atoms with E-state index in [0.717, 1.165) is 5.56 Å². The van der Waals surface area contributed by atoms with Gasteiger partial charge in [0.25, 0.3) is 0 Å². The molecule has 6 heteroatoms. The van der Waals surface area contributed by atoms with Crippen LogP contribution in [0.5, 0.6) is 0 Å². The third-order valence-corrected chi connectivity index (χ3v) is 3.23. The van der Waals surface area contributed by atoms with Crippen LogP contribution in [0.4, 0.5) is 5.82 Å². The average molecular weight is 302 g/mol. The van der Waals surface area contributed by atoms with E-state index in [9.17, 15) is 15.0 Å². The van der Waals surface area contributed by atoms with Gasteiger partial charge in [-0.1, -0.05) is 36.4 Å². The van der Waals surface area contributed by atoms with E-state index in [4.69, 9.17) is 5.11 Å². The number of carboxylic acids is 1. The highest BCUT2D eigenvalue weighted by Gasteiger charge is 2.16. The van der Waals surface area contributed by atoms with Crippen LogP contribution in [0, 0.1) is 0 Å². The number of hydrogen-bond donors (Lipinski definition) is 4. The molecule has 116 valence electrons. The van der Waals surface area contributed by atoms with E-state index in [1.807, 2.05) is 30.3 Å². The summed E-state index contributed by atoms with van der Waals surface area (Å²) in [6.07, 6.45) is -0.451. The molecule has 0 aliphatic carbocycles. The fourth-order valence-corrected chi connectivity index (χ4v) is 2.10. The molecule has 22 heavy (non-hydrogen) atoms. The Hall–Kier alpha value is -2.44. The van der Waals surface area contributed by atoms with E-state index in [1.54, 1.807) is 12.1 Å². The molecule has 0 amide bonds. The number of nitrogens with zero attached hydrogens (tertiary/aromatic N) is 1. The average Bonchev–Trinajstić information content (AvgIpc) is 2.55. The first-order valence-corrected chi connectivity index (χ1v) is 6.91. The van der Waals surface area contributed by atoms with Crippen molar-refractivity contribution in [1.82, 2.24) is 4.98 Å². The summed E-state index contributed by atoms with van der Waals surface area (Å²) < 4.78 is 0. The van der Waals surface area contributed by atoms with Crippen molar-refractivity contribution in [3.05, 3.63) is 59.8 Å². The van der Waals surface area contributed by atoms with Crippen LogP contribution in [0.1, 0.15) is 28.6 Å². The first-order valence-electron chi connectivity index (χ1n) is 6.91. The van der Waals surface area contributed by atoms with Gasteiger partial charge in [-0.15, -0.1) is 0 Å². The van der Waals surface area contributed by atoms with Crippen molar-refractivity contribution in [2.24, 2.45) is 0 Å². The van der Waals surface area contributed by atoms with Crippen LogP contribution in [0.25, 0.3) is 0 Å². The van der Waals surface area contributed by atoms with Gasteiger partial charge in [0.15, 0.2) is 5.69 Å². The van der Waals surface area contributed by atoms with Crippen molar-refractivity contribution < 1.29 is 20.1 Å². The zero-order chi connectivity index (χ0) is 15.9. The highest BCUT2D eigenvalue weighted by Crippen LogP contribution is 2.19. The van der Waals surface area contributed by atoms with Crippen LogP contribution in [0.3, 0.4) is 0 Å². The van der Waals surface area contributed by atoms with Crippen LogP contribution in [0.15, 0.2) is 48.5 Å². The number of aromatic carboxylic acids is 1. The standard InChI is InChI=1S/C16H18N2O4/c19-10-12(9-14(20)11-5-2-1-3-6-11)17-15-8-4-7-13(18-15)16(21)22/h1-8,12,14,19-20H,9-10H2,(H,17,18)(H,21,22). The molecule has 4 N–H and O–H groups in total. The molecule has 0 saturated heterocycles. The van der Waals surface area contributed by atoms with Crippen LogP contribution in [0.2, 0.25) is 0 Å². The van der Waals surface area contributed by atoms with Gasteiger partial charge in [0, 0.05) is 0 Å². The lowest BCUT2D eigenvalue weighted by Gasteiger charge is -2.20. The Labute approximate surface area is 128 Å². The molecule has 2 atom stereocenters. The maximum Gasteiger partial charge on any atom is 0.354 e. The summed E-state index contributed by atoms with van der Waals surface area (Å²) in [4.78, 5) is 14.8. The fraction of sp³-hybridized carbons (Fsp3) is 0.250. The molecule has 0 saturated carbocycles. The lowest BCUT2D eigenvalue weighted by Crippen LogP contribution is -2.27. The van der Waals surface area contributed by atoms with Crippen LogP contribution < -0.4 is 5.32 Å². The van der Waals surface area contributed by atoms with Crippen molar-refractivity contribution in [2.45, 2.75) is 18.6 Å². The van der Waals surface area contributed by atoms with Gasteiger partial charge in [-0.05, 0) is 24.1 Å². The predicted molar refractivity (Wildman–Crippen MR) is 81.7 cm³/mol. The van der Waals surface area contributed by atoms with Gasteiger partial charge in [0.2, 0.25) is 0 Å². The molecule has 0 fully saturated rings. The van der Waals surface area contributed by atoms with Gasteiger partial charge >= 0.3 is 5.97 Å². The van der Waals surface area contributed by atoms with Crippen molar-refractivity contribution >= 4 is 11.8 Å². The van der Waals surface area contributed by atoms with Gasteiger partial charge in [0.1, 0.15) is 5.82 Å². The van der Waals surface area contributed by atoms with E-state index in [2.05, 4.69) is 10.3 Å². The molecular weight excluding hydrogens is 284 g/mol. The number of aromatic nitrogens is 1. The number of pyridine rings is 1. The second kappa shape index (κ2) is 7.53. The molecule has 1 aromatic heterocycles. The minimum Gasteiger partial charge on any atom is -0.477 e. The molecule has 2 unspecified atom stereocenters. The lowest BCUT2D eigenvalue weighted by atomic mass is 10.0. The third kappa shape index (κ3) is 4.28. The largest absolute Gasteiger partial charge is 0.477 e. The SMILES string of the molecule is O=C(O)c1cccc(NC(CO)CC(O)c2ccccc2)n1. The van der Waals surface area contributed by atoms with Crippen molar-refractivity contribution in [2.75, 3.05) is 11.9 Å². The zero-order valence-electron chi connectivity index (χ0n) is 11.9. The summed E-state index contributed by atoms with van der Waals surface area (Å²) in [7, 11) is 0. The number of nitrogens with one attached hydrogen (secondary N) is 1. The summed E-state index contributed by atoms with van der Waals surface area (Å²) in [6.45, 7) is -0.205. The summed E-state index contributed by atoms with van der Waals surface area (Å²) in [5.74, 6) is -0.771. The Balaban J connectivity index is 2.03. The van der Waals surface area contributed by atoms with E-state index >= 15 is 0 Å². The number of aliphatic hydroxyl groups excluding tert-OH is 2. The normalized spacial score (nSPS) is 13.4. The van der Waals surface area contributed by atoms with Crippen molar-refractivity contribution in [3.63, 3.8) is 0 Å². The van der Waals surface area contributed by atoms with Crippen LogP contribution in [-0.2, 0) is 0 Å². The van der Waals surface area contributed by atoms with Gasteiger partial charge in [-0.25, -0.2) is 9.78 Å². The molecule has 6 nitrogen and oxygen atoms in total. The van der Waals surface area contributed by atoms with Crippen molar-refractivity contribution in [3.8, 4) is 0 Å². The maximum absolute atomic E-state index is 10.9. The second-order valence-electron chi connectivity index (χ2n) is 4.90. The molecule has 0 aliphatic heterocycles. The van der Waals surface area contributed by atoms with Gasteiger partial charge < -0.3 is 20.6 Å². The number of anilines is 1. The van der Waals surface area contributed by atoms with Crippen LogP contribution >= 0.6 is 0 Å². The molecule has 0 spiro atoms. The smallest absolute Gasteiger partial charge is 0.354 e. The first-order chi connectivity index (χ1) is 10.6. The monoisotopic (exact) mass is 302 g/mol. The minimum absolute atomic E-state index is 0.0784. The quantitative estimate of drug-likeness (QED) is 0.620. The minimum atomic E-state index is -1.12. The molecular formula is C16H18N2O4. The number of hydrogen-bond acceptors (Lipinski definition) is 5. The Morgan fingerprint density at radius 1 is 1.14 bits per heavy atom. The Morgan fingerprint density at radius 3 is 2.50 bits per heavy atom. The number of rotatable bonds is 7. The van der Waals surface area contributed by atoms with Gasteiger partial charge in [-0.2, -0.15) is 0 Å². The topological polar surface area (TPSA) is 103 Å². The Morgan fingerprint density at radius 2 is 1.86 bits per heavy atom. The predicted octanol–water partition coefficient (Wildman–Crippen LogP) is 1.68. The molecule has 0 aliphatic rings. The van der Waals surface area contributed by atoms with Crippen molar-refractivity contribution in [1.29, 1.82) is 0 Å². The molecule has 0 radical (unpaired) electrons. The first kappa shape index (κ1) is 15.9. The van der Waals surface area contributed by atoms with E-state index in [0.29, 0.717) is 5.82 Å². The number of benzene rings is 1. The third-order valence-electron chi connectivity index (χ3n) is 3.23. The summed E-state index contributed by atoms with van der Waals surface area (Å²) in [5.41, 5.74) is 0.681. The molecule has 1 heterocycles. The lowest BCUT2D eigenvalue weighted by molar-refractivity contribution is 0.0690. The van der Waals surface area contributed by atoms with E-state index in [-0.39, 0.29) is 18.7 Å². The van der Waals surface area contributed by atoms with Crippen LogP contribution in [-0.4, -0.2) is 38.9 Å². The summed E-state index contributed by atoms with van der Waals surface area (Å²) in [6, 6.07) is 13.3. The number of carboxylic acid groups (broad SMARTS) is 1. The van der Waals surface area contributed by atoms with E-state index < -0.39 is 18.1 Å². The van der Waals surface area contributed by atoms with Gasteiger partial charge in [0.05, 0.1) is 18.8 Å².